The van der Waals surface area contributed by atoms with E-state index >= 15 is 0 Å². The van der Waals surface area contributed by atoms with Crippen molar-refractivity contribution in [2.75, 3.05) is 13.2 Å². The van der Waals surface area contributed by atoms with Gasteiger partial charge in [-0.1, -0.05) is 32.9 Å². The Morgan fingerprint density at radius 1 is 1.13 bits per heavy atom. The maximum atomic E-state index is 11.7. The third-order valence-corrected chi connectivity index (χ3v) is 3.39. The average molecular weight is 313 g/mol. The molecule has 1 heterocycles. The summed E-state index contributed by atoms with van der Waals surface area (Å²) in [5.41, 5.74) is 1.79. The molecule has 4 heteroatoms. The van der Waals surface area contributed by atoms with Gasteiger partial charge in [0.05, 0.1) is 18.8 Å². The van der Waals surface area contributed by atoms with Gasteiger partial charge in [-0.2, -0.15) is 0 Å². The third kappa shape index (κ3) is 5.40. The summed E-state index contributed by atoms with van der Waals surface area (Å²) in [5.74, 6) is 0.490. The van der Waals surface area contributed by atoms with Crippen molar-refractivity contribution in [2.24, 2.45) is 0 Å². The van der Waals surface area contributed by atoms with Crippen LogP contribution in [0.25, 0.3) is 0 Å². The molecule has 0 saturated carbocycles. The first kappa shape index (κ1) is 17.0. The van der Waals surface area contributed by atoms with Crippen molar-refractivity contribution in [1.29, 1.82) is 0 Å². The number of nitrogens with zero attached hydrogens (tertiary/aromatic N) is 1. The van der Waals surface area contributed by atoms with E-state index in [1.54, 1.807) is 18.3 Å². The molecule has 0 N–H and O–H groups in total. The number of hydrogen-bond acceptors (Lipinski definition) is 4. The molecule has 0 atom stereocenters. The first-order chi connectivity index (χ1) is 11.0. The number of benzene rings is 1. The summed E-state index contributed by atoms with van der Waals surface area (Å²) in [7, 11) is 0. The van der Waals surface area contributed by atoms with Crippen molar-refractivity contribution in [2.45, 2.75) is 32.6 Å². The smallest absolute Gasteiger partial charge is 0.339 e. The second kappa shape index (κ2) is 7.77. The maximum Gasteiger partial charge on any atom is 0.339 e. The highest BCUT2D eigenvalue weighted by molar-refractivity contribution is 5.88. The van der Waals surface area contributed by atoms with Crippen LogP contribution in [0, 0.1) is 0 Å². The molecule has 1 aromatic heterocycles. The van der Waals surface area contributed by atoms with Crippen LogP contribution in [0.4, 0.5) is 0 Å². The quantitative estimate of drug-likeness (QED) is 0.597. The van der Waals surface area contributed by atoms with Gasteiger partial charge in [-0.3, -0.25) is 4.98 Å². The van der Waals surface area contributed by atoms with E-state index in [9.17, 15) is 4.79 Å². The largest absolute Gasteiger partial charge is 0.493 e. The van der Waals surface area contributed by atoms with E-state index < -0.39 is 0 Å². The minimum Gasteiger partial charge on any atom is -0.493 e. The van der Waals surface area contributed by atoms with E-state index in [0.29, 0.717) is 25.2 Å². The molecule has 23 heavy (non-hydrogen) atoms. The molecule has 0 unspecified atom stereocenters. The summed E-state index contributed by atoms with van der Waals surface area (Å²) in [5, 5.41) is 0. The summed E-state index contributed by atoms with van der Waals surface area (Å²) in [6.07, 6.45) is 3.76. The molecule has 4 nitrogen and oxygen atoms in total. The fourth-order valence-electron chi connectivity index (χ4n) is 2.03. The zero-order chi connectivity index (χ0) is 16.7. The molecule has 0 saturated heterocycles. The summed E-state index contributed by atoms with van der Waals surface area (Å²) in [6, 6.07) is 11.5. The van der Waals surface area contributed by atoms with E-state index in [-0.39, 0.29) is 11.4 Å². The molecule has 122 valence electrons. The van der Waals surface area contributed by atoms with Crippen LogP contribution in [0.15, 0.2) is 48.8 Å². The molecule has 0 fully saturated rings. The van der Waals surface area contributed by atoms with Crippen molar-refractivity contribution in [1.82, 2.24) is 4.98 Å². The van der Waals surface area contributed by atoms with Crippen LogP contribution in [-0.2, 0) is 10.2 Å². The Balaban J connectivity index is 1.73. The predicted molar refractivity (Wildman–Crippen MR) is 89.8 cm³/mol. The Kier molecular flexibility index (Phi) is 5.74. The Bertz CT molecular complexity index is 633. The zero-order valence-electron chi connectivity index (χ0n) is 13.9. The van der Waals surface area contributed by atoms with Gasteiger partial charge in [0.25, 0.3) is 0 Å². The minimum absolute atomic E-state index is 0.0959. The molecule has 0 bridgehead atoms. The van der Waals surface area contributed by atoms with Gasteiger partial charge in [0.2, 0.25) is 0 Å². The number of pyridine rings is 1. The lowest BCUT2D eigenvalue weighted by molar-refractivity contribution is 0.0485. The Hall–Kier alpha value is -2.36. The topological polar surface area (TPSA) is 48.4 Å². The number of hydrogen-bond donors (Lipinski definition) is 0. The molecule has 0 aliphatic rings. The van der Waals surface area contributed by atoms with E-state index in [0.717, 1.165) is 5.75 Å². The Morgan fingerprint density at radius 2 is 1.96 bits per heavy atom. The fourth-order valence-corrected chi connectivity index (χ4v) is 2.03. The molecular weight excluding hydrogens is 290 g/mol. The van der Waals surface area contributed by atoms with Crippen molar-refractivity contribution >= 4 is 5.97 Å². The SMILES string of the molecule is CC(C)(C)c1cccc(OCCCOC(=O)c2cccnc2)c1. The first-order valence-corrected chi connectivity index (χ1v) is 7.77. The molecule has 0 aliphatic carbocycles. The normalized spacial score (nSPS) is 11.1. The highest BCUT2D eigenvalue weighted by Crippen LogP contribution is 2.25. The van der Waals surface area contributed by atoms with Crippen LogP contribution in [0.1, 0.15) is 43.1 Å². The first-order valence-electron chi connectivity index (χ1n) is 7.77. The molecular formula is C19H23NO3. The van der Waals surface area contributed by atoms with Crippen LogP contribution < -0.4 is 4.74 Å². The third-order valence-electron chi connectivity index (χ3n) is 3.39. The highest BCUT2D eigenvalue weighted by Gasteiger charge is 2.13. The van der Waals surface area contributed by atoms with Gasteiger partial charge in [-0.15, -0.1) is 0 Å². The fraction of sp³-hybridized carbons (Fsp3) is 0.368. The Labute approximate surface area is 137 Å². The lowest BCUT2D eigenvalue weighted by Gasteiger charge is -2.19. The van der Waals surface area contributed by atoms with Gasteiger partial charge in [0.15, 0.2) is 0 Å². The van der Waals surface area contributed by atoms with Gasteiger partial charge < -0.3 is 9.47 Å². The summed E-state index contributed by atoms with van der Waals surface area (Å²) in [4.78, 5) is 15.6. The van der Waals surface area contributed by atoms with E-state index in [2.05, 4.69) is 37.9 Å². The average Bonchev–Trinajstić information content (AvgIpc) is 2.54. The van der Waals surface area contributed by atoms with Crippen molar-refractivity contribution in [3.8, 4) is 5.75 Å². The second-order valence-corrected chi connectivity index (χ2v) is 6.36. The molecule has 2 rings (SSSR count). The van der Waals surface area contributed by atoms with Crippen molar-refractivity contribution in [3.05, 3.63) is 59.9 Å². The number of aromatic nitrogens is 1. The summed E-state index contributed by atoms with van der Waals surface area (Å²) < 4.78 is 10.9. The predicted octanol–water partition coefficient (Wildman–Crippen LogP) is 4.01. The van der Waals surface area contributed by atoms with Gasteiger partial charge in [-0.05, 0) is 35.2 Å². The van der Waals surface area contributed by atoms with Gasteiger partial charge >= 0.3 is 5.97 Å². The van der Waals surface area contributed by atoms with Crippen LogP contribution in [0.5, 0.6) is 5.75 Å². The lowest BCUT2D eigenvalue weighted by Crippen LogP contribution is -2.12. The van der Waals surface area contributed by atoms with E-state index in [4.69, 9.17) is 9.47 Å². The molecule has 0 aliphatic heterocycles. The monoisotopic (exact) mass is 313 g/mol. The second-order valence-electron chi connectivity index (χ2n) is 6.36. The molecule has 0 amide bonds. The summed E-state index contributed by atoms with van der Waals surface area (Å²) in [6.45, 7) is 7.35. The standard InChI is InChI=1S/C19H23NO3/c1-19(2,3)16-8-4-9-17(13-16)22-11-6-12-23-18(21)15-7-5-10-20-14-15/h4-5,7-10,13-14H,6,11-12H2,1-3H3. The van der Waals surface area contributed by atoms with Crippen LogP contribution in [0.2, 0.25) is 0 Å². The number of ether oxygens (including phenoxy) is 2. The minimum atomic E-state index is -0.354. The van der Waals surface area contributed by atoms with E-state index in [1.807, 2.05) is 12.1 Å². The van der Waals surface area contributed by atoms with Crippen LogP contribution in [0.3, 0.4) is 0 Å². The highest BCUT2D eigenvalue weighted by atomic mass is 16.5. The summed E-state index contributed by atoms with van der Waals surface area (Å²) >= 11 is 0. The van der Waals surface area contributed by atoms with Crippen LogP contribution in [-0.4, -0.2) is 24.2 Å². The zero-order valence-corrected chi connectivity index (χ0v) is 13.9. The number of rotatable bonds is 6. The number of esters is 1. The molecule has 0 radical (unpaired) electrons. The van der Waals surface area contributed by atoms with Crippen LogP contribution >= 0.6 is 0 Å². The lowest BCUT2D eigenvalue weighted by atomic mass is 9.87. The molecule has 1 aromatic carbocycles. The molecule has 2 aromatic rings. The number of carbonyl (C=O) groups is 1. The van der Waals surface area contributed by atoms with Crippen molar-refractivity contribution < 1.29 is 14.3 Å². The van der Waals surface area contributed by atoms with E-state index in [1.165, 1.54) is 11.8 Å². The van der Waals surface area contributed by atoms with Gasteiger partial charge in [-0.25, -0.2) is 4.79 Å². The van der Waals surface area contributed by atoms with Crippen molar-refractivity contribution in [3.63, 3.8) is 0 Å². The number of carbonyl (C=O) groups excluding carboxylic acids is 1. The van der Waals surface area contributed by atoms with Gasteiger partial charge in [0, 0.05) is 18.8 Å². The molecule has 0 spiro atoms. The van der Waals surface area contributed by atoms with Gasteiger partial charge in [0.1, 0.15) is 5.75 Å². The Morgan fingerprint density at radius 3 is 2.65 bits per heavy atom. The maximum absolute atomic E-state index is 11.7.